The molecule has 18 heavy (non-hydrogen) atoms. The van der Waals surface area contributed by atoms with Gasteiger partial charge in [0.1, 0.15) is 5.82 Å². The lowest BCUT2D eigenvalue weighted by Crippen LogP contribution is -2.23. The van der Waals surface area contributed by atoms with E-state index in [2.05, 4.69) is 10.3 Å². The molecule has 1 aliphatic rings. The van der Waals surface area contributed by atoms with Crippen LogP contribution >= 0.6 is 0 Å². The summed E-state index contributed by atoms with van der Waals surface area (Å²) in [6, 6.07) is 0. The maximum atomic E-state index is 12.6. The van der Waals surface area contributed by atoms with Gasteiger partial charge in [0.2, 0.25) is 5.82 Å². The van der Waals surface area contributed by atoms with Crippen LogP contribution in [0.1, 0.15) is 12.7 Å². The molecule has 98 valence electrons. The van der Waals surface area contributed by atoms with E-state index in [9.17, 15) is 18.0 Å². The Bertz CT molecular complexity index is 505. The largest absolute Gasteiger partial charge is 0.463 e. The topological polar surface area (TPSA) is 56.1 Å². The van der Waals surface area contributed by atoms with Crippen molar-refractivity contribution >= 4 is 11.8 Å². The Morgan fingerprint density at radius 1 is 1.61 bits per heavy atom. The summed E-state index contributed by atoms with van der Waals surface area (Å²) in [7, 11) is 0. The summed E-state index contributed by atoms with van der Waals surface area (Å²) in [5.74, 6) is -1.49. The van der Waals surface area contributed by atoms with Crippen LogP contribution < -0.4 is 5.32 Å². The molecule has 0 atom stereocenters. The number of rotatable bonds is 2. The van der Waals surface area contributed by atoms with Crippen LogP contribution in [0.4, 0.5) is 19.0 Å². The number of alkyl halides is 3. The molecule has 0 aliphatic carbocycles. The van der Waals surface area contributed by atoms with Crippen molar-refractivity contribution in [2.75, 3.05) is 11.9 Å². The molecule has 0 saturated heterocycles. The van der Waals surface area contributed by atoms with Crippen molar-refractivity contribution in [1.82, 2.24) is 9.55 Å². The van der Waals surface area contributed by atoms with E-state index >= 15 is 0 Å². The highest BCUT2D eigenvalue weighted by atomic mass is 19.4. The summed E-state index contributed by atoms with van der Waals surface area (Å²) in [5.41, 5.74) is 0.118. The van der Waals surface area contributed by atoms with E-state index in [1.165, 1.54) is 6.20 Å². The minimum atomic E-state index is -4.56. The van der Waals surface area contributed by atoms with Gasteiger partial charge in [-0.25, -0.2) is 9.78 Å². The number of hydrogen-bond donors (Lipinski definition) is 1. The van der Waals surface area contributed by atoms with E-state index in [0.29, 0.717) is 0 Å². The van der Waals surface area contributed by atoms with Crippen LogP contribution in [0.5, 0.6) is 0 Å². The van der Waals surface area contributed by atoms with E-state index in [-0.39, 0.29) is 24.5 Å². The van der Waals surface area contributed by atoms with Crippen molar-refractivity contribution in [3.05, 3.63) is 23.8 Å². The molecule has 0 amide bonds. The molecular weight excluding hydrogens is 251 g/mol. The van der Waals surface area contributed by atoms with Gasteiger partial charge in [0.15, 0.2) is 0 Å². The Morgan fingerprint density at radius 3 is 2.94 bits per heavy atom. The minimum Gasteiger partial charge on any atom is -0.463 e. The Hall–Kier alpha value is -1.99. The standard InChI is InChI=1S/C10H10F3N3O2/c1-2-18-8(17)6-3-14-7-4-15-9(10(11,12)13)16(7)5-6/h3-4,14H,2,5H2,1H3. The van der Waals surface area contributed by atoms with E-state index in [1.54, 1.807) is 6.92 Å². The van der Waals surface area contributed by atoms with E-state index in [1.807, 2.05) is 0 Å². The first-order valence-corrected chi connectivity index (χ1v) is 5.19. The fourth-order valence-electron chi connectivity index (χ4n) is 1.60. The Kier molecular flexibility index (Phi) is 3.02. The second kappa shape index (κ2) is 4.35. The first kappa shape index (κ1) is 12.5. The minimum absolute atomic E-state index is 0.118. The van der Waals surface area contributed by atoms with Gasteiger partial charge in [-0.15, -0.1) is 0 Å². The first-order chi connectivity index (χ1) is 8.43. The summed E-state index contributed by atoms with van der Waals surface area (Å²) in [5, 5.41) is 2.58. The monoisotopic (exact) mass is 261 g/mol. The number of nitrogens with zero attached hydrogens (tertiary/aromatic N) is 2. The van der Waals surface area contributed by atoms with Gasteiger partial charge in [-0.3, -0.25) is 0 Å². The highest BCUT2D eigenvalue weighted by Crippen LogP contribution is 2.32. The summed E-state index contributed by atoms with van der Waals surface area (Å²) in [6.45, 7) is 1.58. The number of imidazole rings is 1. The lowest BCUT2D eigenvalue weighted by molar-refractivity contribution is -0.147. The zero-order valence-electron chi connectivity index (χ0n) is 9.41. The fourth-order valence-corrected chi connectivity index (χ4v) is 1.60. The van der Waals surface area contributed by atoms with Gasteiger partial charge in [-0.1, -0.05) is 0 Å². The predicted molar refractivity (Wildman–Crippen MR) is 55.6 cm³/mol. The summed E-state index contributed by atoms with van der Waals surface area (Å²) in [6.07, 6.45) is -2.16. The molecule has 0 fully saturated rings. The number of ether oxygens (including phenoxy) is 1. The molecule has 2 rings (SSSR count). The number of aromatic nitrogens is 2. The molecule has 0 saturated carbocycles. The van der Waals surface area contributed by atoms with Gasteiger partial charge in [0.05, 0.1) is 24.9 Å². The number of esters is 1. The molecule has 1 N–H and O–H groups in total. The maximum Gasteiger partial charge on any atom is 0.449 e. The molecule has 5 nitrogen and oxygen atoms in total. The van der Waals surface area contributed by atoms with Crippen molar-refractivity contribution in [1.29, 1.82) is 0 Å². The second-order valence-electron chi connectivity index (χ2n) is 3.59. The molecule has 2 heterocycles. The van der Waals surface area contributed by atoms with Crippen LogP contribution in [-0.2, 0) is 22.3 Å². The number of carbonyl (C=O) groups is 1. The van der Waals surface area contributed by atoms with E-state index < -0.39 is 18.0 Å². The zero-order valence-corrected chi connectivity index (χ0v) is 9.41. The van der Waals surface area contributed by atoms with E-state index in [4.69, 9.17) is 4.74 Å². The number of anilines is 1. The van der Waals surface area contributed by atoms with Gasteiger partial charge in [0, 0.05) is 6.20 Å². The molecule has 0 radical (unpaired) electrons. The fraction of sp³-hybridized carbons (Fsp3) is 0.400. The molecule has 1 aliphatic heterocycles. The summed E-state index contributed by atoms with van der Waals surface area (Å²) in [4.78, 5) is 14.7. The lowest BCUT2D eigenvalue weighted by atomic mass is 10.2. The third-order valence-electron chi connectivity index (χ3n) is 2.37. The highest BCUT2D eigenvalue weighted by molar-refractivity contribution is 5.89. The number of hydrogen-bond acceptors (Lipinski definition) is 4. The van der Waals surface area contributed by atoms with Gasteiger partial charge in [-0.05, 0) is 6.92 Å². The van der Waals surface area contributed by atoms with Gasteiger partial charge < -0.3 is 14.6 Å². The molecule has 0 spiro atoms. The van der Waals surface area contributed by atoms with Crippen molar-refractivity contribution in [3.63, 3.8) is 0 Å². The number of fused-ring (bicyclic) bond motifs is 1. The Labute approximate surface area is 100 Å². The van der Waals surface area contributed by atoms with Crippen LogP contribution in [0, 0.1) is 0 Å². The quantitative estimate of drug-likeness (QED) is 0.824. The number of nitrogens with one attached hydrogen (secondary N) is 1. The first-order valence-electron chi connectivity index (χ1n) is 5.19. The lowest BCUT2D eigenvalue weighted by Gasteiger charge is -2.19. The summed E-state index contributed by atoms with van der Waals surface area (Å²) < 4.78 is 43.5. The van der Waals surface area contributed by atoms with Gasteiger partial charge in [-0.2, -0.15) is 13.2 Å². The van der Waals surface area contributed by atoms with Crippen LogP contribution in [0.2, 0.25) is 0 Å². The average Bonchev–Trinajstić information content (AvgIpc) is 2.71. The molecule has 0 aromatic carbocycles. The third-order valence-corrected chi connectivity index (χ3v) is 2.37. The number of carbonyl (C=O) groups excluding carboxylic acids is 1. The van der Waals surface area contributed by atoms with Crippen LogP contribution in [-0.4, -0.2) is 22.1 Å². The van der Waals surface area contributed by atoms with Crippen LogP contribution in [0.15, 0.2) is 18.0 Å². The number of halogens is 3. The van der Waals surface area contributed by atoms with Crippen LogP contribution in [0.3, 0.4) is 0 Å². The smallest absolute Gasteiger partial charge is 0.449 e. The Morgan fingerprint density at radius 2 is 2.33 bits per heavy atom. The van der Waals surface area contributed by atoms with Gasteiger partial charge in [0.25, 0.3) is 0 Å². The molecule has 1 aromatic rings. The highest BCUT2D eigenvalue weighted by Gasteiger charge is 2.38. The van der Waals surface area contributed by atoms with Crippen molar-refractivity contribution in [2.24, 2.45) is 0 Å². The molecule has 0 bridgehead atoms. The summed E-state index contributed by atoms with van der Waals surface area (Å²) >= 11 is 0. The molecular formula is C10H10F3N3O2. The second-order valence-corrected chi connectivity index (χ2v) is 3.59. The average molecular weight is 261 g/mol. The zero-order chi connectivity index (χ0) is 13.3. The Balaban J connectivity index is 2.27. The molecule has 1 aromatic heterocycles. The van der Waals surface area contributed by atoms with Crippen molar-refractivity contribution in [3.8, 4) is 0 Å². The predicted octanol–water partition coefficient (Wildman–Crippen LogP) is 1.77. The third kappa shape index (κ3) is 2.18. The normalized spacial score (nSPS) is 14.6. The molecule has 0 unspecified atom stereocenters. The van der Waals surface area contributed by atoms with E-state index in [0.717, 1.165) is 10.8 Å². The molecule has 8 heteroatoms. The maximum absolute atomic E-state index is 12.6. The van der Waals surface area contributed by atoms with Crippen molar-refractivity contribution < 1.29 is 22.7 Å². The SMILES string of the molecule is CCOC(=O)C1=CNc2cnc(C(F)(F)F)n2C1. The van der Waals surface area contributed by atoms with Gasteiger partial charge >= 0.3 is 12.1 Å². The van der Waals surface area contributed by atoms with Crippen molar-refractivity contribution in [2.45, 2.75) is 19.6 Å². The van der Waals surface area contributed by atoms with Crippen LogP contribution in [0.25, 0.3) is 0 Å².